The Balaban J connectivity index is 1.44. The van der Waals surface area contributed by atoms with E-state index in [1.807, 2.05) is 30.1 Å². The predicted molar refractivity (Wildman–Crippen MR) is 101 cm³/mol. The number of pyridine rings is 1. The Labute approximate surface area is 154 Å². The summed E-state index contributed by atoms with van der Waals surface area (Å²) in [6.45, 7) is 3.27. The topological polar surface area (TPSA) is 48.5 Å². The van der Waals surface area contributed by atoms with Gasteiger partial charge in [-0.3, -0.25) is 9.69 Å². The van der Waals surface area contributed by atoms with Gasteiger partial charge in [-0.25, -0.2) is 4.98 Å². The van der Waals surface area contributed by atoms with Crippen LogP contribution < -0.4 is 5.32 Å². The lowest BCUT2D eigenvalue weighted by molar-refractivity contribution is -0.126. The van der Waals surface area contributed by atoms with Crippen molar-refractivity contribution >= 4 is 17.7 Å². The van der Waals surface area contributed by atoms with Crippen LogP contribution in [0.25, 0.3) is 0 Å². The number of piperidine rings is 1. The summed E-state index contributed by atoms with van der Waals surface area (Å²) in [4.78, 5) is 22.2. The maximum absolute atomic E-state index is 12.8. The summed E-state index contributed by atoms with van der Waals surface area (Å²) in [6, 6.07) is 7.08. The first-order valence-electron chi connectivity index (χ1n) is 9.51. The highest BCUT2D eigenvalue weighted by Crippen LogP contribution is 2.35. The number of hydrogen-bond donors (Lipinski definition) is 1. The number of nitrogens with one attached hydrogen (secondary N) is 1. The fourth-order valence-corrected chi connectivity index (χ4v) is 5.15. The molecule has 3 aliphatic rings. The number of thioether (sulfide) groups is 1. The van der Waals surface area contributed by atoms with Gasteiger partial charge >= 0.3 is 0 Å². The van der Waals surface area contributed by atoms with E-state index in [4.69, 9.17) is 0 Å². The molecule has 3 heterocycles. The summed E-state index contributed by atoms with van der Waals surface area (Å²) in [5.41, 5.74) is 0. The van der Waals surface area contributed by atoms with E-state index in [1.165, 1.54) is 12.8 Å². The molecule has 4 rings (SSSR count). The van der Waals surface area contributed by atoms with E-state index in [2.05, 4.69) is 33.2 Å². The fourth-order valence-electron chi connectivity index (χ4n) is 4.01. The Morgan fingerprint density at radius 3 is 2.72 bits per heavy atom. The Hall–Kier alpha value is -1.11. The lowest BCUT2D eigenvalue weighted by Crippen LogP contribution is -2.51. The second-order valence-corrected chi connectivity index (χ2v) is 8.99. The second-order valence-electron chi connectivity index (χ2n) is 7.67. The number of nitrogens with zero attached hydrogens (tertiary/aromatic N) is 3. The molecule has 25 heavy (non-hydrogen) atoms. The summed E-state index contributed by atoms with van der Waals surface area (Å²) < 4.78 is 0. The van der Waals surface area contributed by atoms with Crippen molar-refractivity contribution in [2.45, 2.75) is 60.5 Å². The van der Waals surface area contributed by atoms with Gasteiger partial charge in [0.2, 0.25) is 5.91 Å². The minimum atomic E-state index is 0.0372. The maximum Gasteiger partial charge on any atom is 0.237 e. The van der Waals surface area contributed by atoms with Crippen LogP contribution >= 0.6 is 11.8 Å². The zero-order chi connectivity index (χ0) is 17.2. The third kappa shape index (κ3) is 4.36. The van der Waals surface area contributed by atoms with Gasteiger partial charge in [-0.2, -0.15) is 0 Å². The zero-order valence-electron chi connectivity index (χ0n) is 14.9. The molecule has 1 saturated carbocycles. The van der Waals surface area contributed by atoms with Crippen molar-refractivity contribution in [3.8, 4) is 0 Å². The molecule has 2 aliphatic heterocycles. The number of carbonyl (C=O) groups excluding carboxylic acids is 1. The van der Waals surface area contributed by atoms with Crippen molar-refractivity contribution in [1.82, 2.24) is 20.1 Å². The number of rotatable bonds is 5. The van der Waals surface area contributed by atoms with Crippen LogP contribution in [0.15, 0.2) is 29.4 Å². The highest BCUT2D eigenvalue weighted by atomic mass is 32.2. The molecular weight excluding hydrogens is 332 g/mol. The fraction of sp³-hybridized carbons (Fsp3) is 0.684. The van der Waals surface area contributed by atoms with Gasteiger partial charge in [0.25, 0.3) is 0 Å². The number of amides is 1. The van der Waals surface area contributed by atoms with Crippen LogP contribution in [0.3, 0.4) is 0 Å². The van der Waals surface area contributed by atoms with Gasteiger partial charge in [0.1, 0.15) is 0 Å². The summed E-state index contributed by atoms with van der Waals surface area (Å²) in [7, 11) is 2.19. The van der Waals surface area contributed by atoms with E-state index in [0.717, 1.165) is 43.9 Å². The van der Waals surface area contributed by atoms with Crippen molar-refractivity contribution in [2.24, 2.45) is 0 Å². The average Bonchev–Trinajstić information content (AvgIpc) is 3.34. The molecule has 3 fully saturated rings. The van der Waals surface area contributed by atoms with Crippen LogP contribution in [0.5, 0.6) is 0 Å². The Kier molecular flexibility index (Phi) is 5.29. The second kappa shape index (κ2) is 7.64. The minimum absolute atomic E-state index is 0.0372. The molecule has 1 aliphatic carbocycles. The Bertz CT molecular complexity index is 586. The largest absolute Gasteiger partial charge is 0.352 e. The summed E-state index contributed by atoms with van der Waals surface area (Å²) >= 11 is 1.83. The van der Waals surface area contributed by atoms with Crippen molar-refractivity contribution in [3.05, 3.63) is 24.4 Å². The summed E-state index contributed by atoms with van der Waals surface area (Å²) in [6.07, 6.45) is 7.43. The lowest BCUT2D eigenvalue weighted by Gasteiger charge is -2.37. The molecule has 136 valence electrons. The first-order chi connectivity index (χ1) is 12.2. The van der Waals surface area contributed by atoms with Gasteiger partial charge in [0.15, 0.2) is 0 Å². The quantitative estimate of drug-likeness (QED) is 0.870. The van der Waals surface area contributed by atoms with Gasteiger partial charge in [0, 0.05) is 30.1 Å². The van der Waals surface area contributed by atoms with E-state index in [1.54, 1.807) is 0 Å². The van der Waals surface area contributed by atoms with E-state index >= 15 is 0 Å². The summed E-state index contributed by atoms with van der Waals surface area (Å²) in [5, 5.41) is 4.76. The zero-order valence-corrected chi connectivity index (χ0v) is 15.8. The van der Waals surface area contributed by atoms with Crippen molar-refractivity contribution in [1.29, 1.82) is 0 Å². The normalized spacial score (nSPS) is 29.0. The molecule has 1 N–H and O–H groups in total. The van der Waals surface area contributed by atoms with Crippen molar-refractivity contribution < 1.29 is 4.79 Å². The van der Waals surface area contributed by atoms with Crippen LogP contribution in [-0.2, 0) is 4.79 Å². The molecule has 0 unspecified atom stereocenters. The predicted octanol–water partition coefficient (Wildman–Crippen LogP) is 1.99. The minimum Gasteiger partial charge on any atom is -0.352 e. The van der Waals surface area contributed by atoms with E-state index in [0.29, 0.717) is 17.3 Å². The van der Waals surface area contributed by atoms with Gasteiger partial charge in [-0.05, 0) is 64.4 Å². The molecule has 1 amide bonds. The van der Waals surface area contributed by atoms with Crippen LogP contribution in [0.1, 0.15) is 32.1 Å². The van der Waals surface area contributed by atoms with Crippen LogP contribution in [0, 0.1) is 0 Å². The molecule has 2 saturated heterocycles. The number of aromatic nitrogens is 1. The van der Waals surface area contributed by atoms with Crippen LogP contribution in [0.2, 0.25) is 0 Å². The lowest BCUT2D eigenvalue weighted by atomic mass is 10.0. The van der Waals surface area contributed by atoms with Crippen LogP contribution in [-0.4, -0.2) is 70.7 Å². The van der Waals surface area contributed by atoms with Crippen molar-refractivity contribution in [3.63, 3.8) is 0 Å². The maximum atomic E-state index is 12.8. The Morgan fingerprint density at radius 2 is 2.04 bits per heavy atom. The molecule has 2 atom stereocenters. The molecule has 1 aromatic heterocycles. The van der Waals surface area contributed by atoms with Gasteiger partial charge < -0.3 is 10.2 Å². The Morgan fingerprint density at radius 1 is 1.24 bits per heavy atom. The molecular formula is C19H28N4OS. The molecule has 0 radical (unpaired) electrons. The van der Waals surface area contributed by atoms with Crippen LogP contribution in [0.4, 0.5) is 0 Å². The number of likely N-dealkylation sites (tertiary alicyclic amines) is 2. The number of carbonyl (C=O) groups is 1. The SMILES string of the molecule is CN1CCC(N2C[C@H](Sc3ccccn3)C[C@H]2C(=O)NC2CC2)CC1. The van der Waals surface area contributed by atoms with Gasteiger partial charge in [-0.1, -0.05) is 6.07 Å². The molecule has 0 bridgehead atoms. The third-order valence-electron chi connectivity index (χ3n) is 5.61. The molecule has 1 aromatic rings. The molecule has 5 nitrogen and oxygen atoms in total. The molecule has 0 aromatic carbocycles. The van der Waals surface area contributed by atoms with Gasteiger partial charge in [-0.15, -0.1) is 11.8 Å². The smallest absolute Gasteiger partial charge is 0.237 e. The van der Waals surface area contributed by atoms with Crippen molar-refractivity contribution in [2.75, 3.05) is 26.7 Å². The van der Waals surface area contributed by atoms with Gasteiger partial charge in [0.05, 0.1) is 11.1 Å². The monoisotopic (exact) mass is 360 g/mol. The molecule has 0 spiro atoms. The van der Waals surface area contributed by atoms with E-state index in [-0.39, 0.29) is 11.9 Å². The first-order valence-corrected chi connectivity index (χ1v) is 10.4. The first kappa shape index (κ1) is 17.3. The highest BCUT2D eigenvalue weighted by molar-refractivity contribution is 7.99. The standard InChI is InChI=1S/C19H28N4OS/c1-22-10-7-15(8-11-22)23-13-16(25-18-4-2-3-9-20-18)12-17(23)19(24)21-14-5-6-14/h2-4,9,14-17H,5-8,10-13H2,1H3,(H,21,24)/t16-,17+/m1/s1. The van der Waals surface area contributed by atoms with E-state index in [9.17, 15) is 4.79 Å². The summed E-state index contributed by atoms with van der Waals surface area (Å²) in [5.74, 6) is 0.255. The highest BCUT2D eigenvalue weighted by Gasteiger charge is 2.42. The average molecular weight is 361 g/mol. The molecule has 6 heteroatoms. The number of hydrogen-bond acceptors (Lipinski definition) is 5. The van der Waals surface area contributed by atoms with E-state index < -0.39 is 0 Å². The third-order valence-corrected chi connectivity index (χ3v) is 6.77.